The van der Waals surface area contributed by atoms with Crippen molar-refractivity contribution in [2.75, 3.05) is 6.61 Å². The van der Waals surface area contributed by atoms with Gasteiger partial charge in [0.15, 0.2) is 0 Å². The minimum Gasteiger partial charge on any atom is -0.478 e. The zero-order valence-electron chi connectivity index (χ0n) is 9.69. The minimum absolute atomic E-state index is 0.234. The summed E-state index contributed by atoms with van der Waals surface area (Å²) in [6.07, 6.45) is 4.62. The molecule has 1 saturated heterocycles. The quantitative estimate of drug-likeness (QED) is 0.798. The smallest absolute Gasteiger partial charge is 0.335 e. The number of aromatic carboxylic acids is 1. The Labute approximate surface area is 100 Å². The van der Waals surface area contributed by atoms with E-state index in [1.807, 2.05) is 12.1 Å². The highest BCUT2D eigenvalue weighted by Crippen LogP contribution is 2.46. The molecule has 3 nitrogen and oxygen atoms in total. The van der Waals surface area contributed by atoms with Gasteiger partial charge in [-0.3, -0.25) is 0 Å². The number of carboxylic acid groups (broad SMARTS) is 1. The van der Waals surface area contributed by atoms with E-state index in [2.05, 4.69) is 0 Å². The maximum Gasteiger partial charge on any atom is 0.335 e. The Morgan fingerprint density at radius 2 is 1.82 bits per heavy atom. The monoisotopic (exact) mass is 232 g/mol. The molecule has 2 aliphatic rings. The first kappa shape index (κ1) is 10.8. The maximum atomic E-state index is 10.8. The minimum atomic E-state index is -0.856. The summed E-state index contributed by atoms with van der Waals surface area (Å²) < 4.78 is 5.49. The van der Waals surface area contributed by atoms with Crippen LogP contribution < -0.4 is 0 Å². The highest BCUT2D eigenvalue weighted by atomic mass is 16.6. The highest BCUT2D eigenvalue weighted by Gasteiger charge is 2.46. The molecule has 1 N–H and O–H groups in total. The van der Waals surface area contributed by atoms with Gasteiger partial charge in [-0.15, -0.1) is 0 Å². The number of ether oxygens (including phenoxy) is 1. The summed E-state index contributed by atoms with van der Waals surface area (Å²) in [5.74, 6) is -0.279. The van der Waals surface area contributed by atoms with E-state index in [-0.39, 0.29) is 5.60 Å². The van der Waals surface area contributed by atoms with Crippen molar-refractivity contribution < 1.29 is 14.6 Å². The highest BCUT2D eigenvalue weighted by molar-refractivity contribution is 5.87. The average molecular weight is 232 g/mol. The Hall–Kier alpha value is -1.35. The fraction of sp³-hybridized carbons (Fsp3) is 0.500. The molecule has 0 bridgehead atoms. The van der Waals surface area contributed by atoms with Crippen LogP contribution in [0.1, 0.15) is 47.5 Å². The lowest BCUT2D eigenvalue weighted by molar-refractivity contribution is 0.0697. The standard InChI is InChI=1S/C14H16O3/c15-13(16)12-3-1-10(2-4-12)11-5-7-14(8-6-11)9-17-14/h1-4,11H,5-9H2,(H,15,16). The normalized spacial score (nSPS) is 31.4. The first-order valence-corrected chi connectivity index (χ1v) is 6.16. The fourth-order valence-electron chi connectivity index (χ4n) is 2.77. The van der Waals surface area contributed by atoms with Gasteiger partial charge in [0.05, 0.1) is 17.8 Å². The molecule has 90 valence electrons. The molecule has 1 aromatic rings. The number of epoxide rings is 1. The Bertz CT molecular complexity index is 421. The molecule has 1 aromatic carbocycles. The molecule has 17 heavy (non-hydrogen) atoms. The fourth-order valence-corrected chi connectivity index (χ4v) is 2.77. The molecule has 0 unspecified atom stereocenters. The van der Waals surface area contributed by atoms with Crippen LogP contribution in [0, 0.1) is 0 Å². The molecule has 1 aliphatic carbocycles. The largest absolute Gasteiger partial charge is 0.478 e. The van der Waals surface area contributed by atoms with E-state index in [9.17, 15) is 4.79 Å². The third-order valence-corrected chi connectivity index (χ3v) is 4.08. The van der Waals surface area contributed by atoms with Gasteiger partial charge in [-0.25, -0.2) is 4.79 Å². The van der Waals surface area contributed by atoms with E-state index in [1.165, 1.54) is 5.56 Å². The number of hydrogen-bond donors (Lipinski definition) is 1. The van der Waals surface area contributed by atoms with Gasteiger partial charge in [-0.05, 0) is 49.3 Å². The first-order chi connectivity index (χ1) is 8.19. The van der Waals surface area contributed by atoms with Crippen molar-refractivity contribution in [1.29, 1.82) is 0 Å². The number of benzene rings is 1. The molecule has 1 spiro atoms. The van der Waals surface area contributed by atoms with Crippen molar-refractivity contribution in [2.24, 2.45) is 0 Å². The summed E-state index contributed by atoms with van der Waals surface area (Å²) >= 11 is 0. The predicted molar refractivity (Wildman–Crippen MR) is 63.3 cm³/mol. The molecular formula is C14H16O3. The van der Waals surface area contributed by atoms with Crippen LogP contribution in [0.4, 0.5) is 0 Å². The molecular weight excluding hydrogens is 216 g/mol. The van der Waals surface area contributed by atoms with Crippen LogP contribution in [0.2, 0.25) is 0 Å². The van der Waals surface area contributed by atoms with Gasteiger partial charge in [-0.2, -0.15) is 0 Å². The molecule has 0 atom stereocenters. The van der Waals surface area contributed by atoms with Crippen LogP contribution in [-0.4, -0.2) is 23.3 Å². The lowest BCUT2D eigenvalue weighted by atomic mass is 9.78. The van der Waals surface area contributed by atoms with Crippen LogP contribution in [0.15, 0.2) is 24.3 Å². The van der Waals surface area contributed by atoms with Gasteiger partial charge in [0, 0.05) is 0 Å². The van der Waals surface area contributed by atoms with Crippen molar-refractivity contribution in [2.45, 2.75) is 37.2 Å². The number of hydrogen-bond acceptors (Lipinski definition) is 2. The van der Waals surface area contributed by atoms with Gasteiger partial charge in [0.25, 0.3) is 0 Å². The van der Waals surface area contributed by atoms with Crippen molar-refractivity contribution in [1.82, 2.24) is 0 Å². The number of carbonyl (C=O) groups is 1. The van der Waals surface area contributed by atoms with E-state index in [0.29, 0.717) is 11.5 Å². The lowest BCUT2D eigenvalue weighted by Gasteiger charge is -2.26. The number of carboxylic acids is 1. The molecule has 1 aliphatic heterocycles. The zero-order chi connectivity index (χ0) is 11.9. The SMILES string of the molecule is O=C(O)c1ccc(C2CCC3(CC2)CO3)cc1. The van der Waals surface area contributed by atoms with Crippen LogP contribution in [-0.2, 0) is 4.74 Å². The van der Waals surface area contributed by atoms with E-state index in [4.69, 9.17) is 9.84 Å². The van der Waals surface area contributed by atoms with Crippen LogP contribution in [0.5, 0.6) is 0 Å². The van der Waals surface area contributed by atoms with Crippen LogP contribution in [0.25, 0.3) is 0 Å². The summed E-state index contributed by atoms with van der Waals surface area (Å²) in [7, 11) is 0. The summed E-state index contributed by atoms with van der Waals surface area (Å²) in [6.45, 7) is 0.942. The van der Waals surface area contributed by atoms with E-state index in [1.54, 1.807) is 12.1 Å². The summed E-state index contributed by atoms with van der Waals surface area (Å²) in [5.41, 5.74) is 1.87. The van der Waals surface area contributed by atoms with E-state index >= 15 is 0 Å². The van der Waals surface area contributed by atoms with Crippen molar-refractivity contribution in [3.8, 4) is 0 Å². The zero-order valence-corrected chi connectivity index (χ0v) is 9.69. The Kier molecular flexibility index (Phi) is 2.44. The van der Waals surface area contributed by atoms with Crippen molar-refractivity contribution in [3.63, 3.8) is 0 Å². The number of rotatable bonds is 2. The topological polar surface area (TPSA) is 49.8 Å². The van der Waals surface area contributed by atoms with E-state index in [0.717, 1.165) is 32.3 Å². The van der Waals surface area contributed by atoms with Crippen LogP contribution in [0.3, 0.4) is 0 Å². The van der Waals surface area contributed by atoms with Gasteiger partial charge in [-0.1, -0.05) is 12.1 Å². The molecule has 0 aromatic heterocycles. The second kappa shape index (κ2) is 3.84. The summed E-state index contributed by atoms with van der Waals surface area (Å²) in [6, 6.07) is 7.32. The van der Waals surface area contributed by atoms with Crippen LogP contribution >= 0.6 is 0 Å². The molecule has 0 radical (unpaired) electrons. The molecule has 2 fully saturated rings. The predicted octanol–water partition coefficient (Wildman–Crippen LogP) is 2.81. The van der Waals surface area contributed by atoms with Gasteiger partial charge in [0.1, 0.15) is 0 Å². The molecule has 1 heterocycles. The second-order valence-corrected chi connectivity index (χ2v) is 5.17. The molecule has 3 rings (SSSR count). The van der Waals surface area contributed by atoms with Crippen molar-refractivity contribution in [3.05, 3.63) is 35.4 Å². The Balaban J connectivity index is 1.69. The maximum absolute atomic E-state index is 10.8. The first-order valence-electron chi connectivity index (χ1n) is 6.16. The summed E-state index contributed by atoms with van der Waals surface area (Å²) in [5, 5.41) is 8.85. The van der Waals surface area contributed by atoms with E-state index < -0.39 is 5.97 Å². The summed E-state index contributed by atoms with van der Waals surface area (Å²) in [4.78, 5) is 10.8. The molecule has 1 saturated carbocycles. The van der Waals surface area contributed by atoms with Gasteiger partial charge < -0.3 is 9.84 Å². The Morgan fingerprint density at radius 3 is 2.29 bits per heavy atom. The van der Waals surface area contributed by atoms with Crippen molar-refractivity contribution >= 4 is 5.97 Å². The third kappa shape index (κ3) is 2.07. The second-order valence-electron chi connectivity index (χ2n) is 5.17. The third-order valence-electron chi connectivity index (χ3n) is 4.08. The molecule has 3 heteroatoms. The Morgan fingerprint density at radius 1 is 1.24 bits per heavy atom. The average Bonchev–Trinajstić information content (AvgIpc) is 3.10. The lowest BCUT2D eigenvalue weighted by Crippen LogP contribution is -2.20. The molecule has 0 amide bonds. The van der Waals surface area contributed by atoms with Gasteiger partial charge in [0.2, 0.25) is 0 Å². The van der Waals surface area contributed by atoms with Gasteiger partial charge >= 0.3 is 5.97 Å².